The largest absolute Gasteiger partial charge is 0.493 e. The molecule has 2 aliphatic heterocycles. The Morgan fingerprint density at radius 2 is 2.03 bits per heavy atom. The van der Waals surface area contributed by atoms with E-state index in [2.05, 4.69) is 38.3 Å². The first-order chi connectivity index (χ1) is 15.5. The standard InChI is InChI=1S/C22H23F3N6O/c23-22(24,25)21-28-29-30-31(21)17-10-15-7-9-32-20(15)16(11-17)12-27-19-6-8-26-13-18(19)14-4-2-1-3-5-14/h1-5,10-11,18-19,26-27H,6-9,12-13H2/t18-,19-/m1/s1. The predicted molar refractivity (Wildman–Crippen MR) is 111 cm³/mol. The van der Waals surface area contributed by atoms with E-state index in [1.54, 1.807) is 12.1 Å². The molecule has 10 heteroatoms. The van der Waals surface area contributed by atoms with Gasteiger partial charge in [0.25, 0.3) is 5.82 Å². The summed E-state index contributed by atoms with van der Waals surface area (Å²) in [5.74, 6) is -0.0932. The van der Waals surface area contributed by atoms with Gasteiger partial charge in [-0.1, -0.05) is 30.3 Å². The minimum atomic E-state index is -4.64. The van der Waals surface area contributed by atoms with Crippen molar-refractivity contribution in [3.05, 3.63) is 65.0 Å². The topological polar surface area (TPSA) is 76.9 Å². The fourth-order valence-corrected chi connectivity index (χ4v) is 4.56. The molecule has 0 amide bonds. The molecule has 2 aliphatic rings. The predicted octanol–water partition coefficient (Wildman–Crippen LogP) is 2.85. The van der Waals surface area contributed by atoms with E-state index >= 15 is 0 Å². The van der Waals surface area contributed by atoms with Crippen LogP contribution >= 0.6 is 0 Å². The van der Waals surface area contributed by atoms with Crippen LogP contribution in [0.25, 0.3) is 5.69 Å². The fraction of sp³-hybridized carbons (Fsp3) is 0.409. The van der Waals surface area contributed by atoms with Crippen LogP contribution in [0.5, 0.6) is 5.75 Å². The third kappa shape index (κ3) is 4.07. The molecule has 168 valence electrons. The van der Waals surface area contributed by atoms with E-state index in [-0.39, 0.29) is 11.7 Å². The number of alkyl halides is 3. The summed E-state index contributed by atoms with van der Waals surface area (Å²) in [4.78, 5) is 0. The van der Waals surface area contributed by atoms with Gasteiger partial charge in [0.1, 0.15) is 5.75 Å². The zero-order valence-electron chi connectivity index (χ0n) is 17.3. The van der Waals surface area contributed by atoms with Crippen LogP contribution in [0.4, 0.5) is 13.2 Å². The highest BCUT2D eigenvalue weighted by Crippen LogP contribution is 2.35. The molecule has 0 saturated carbocycles. The molecule has 7 nitrogen and oxygen atoms in total. The lowest BCUT2D eigenvalue weighted by Gasteiger charge is -2.33. The van der Waals surface area contributed by atoms with Crippen LogP contribution in [-0.4, -0.2) is 45.9 Å². The summed E-state index contributed by atoms with van der Waals surface area (Å²) in [5.41, 5.74) is 3.22. The van der Waals surface area contributed by atoms with E-state index in [9.17, 15) is 13.2 Å². The van der Waals surface area contributed by atoms with Crippen LogP contribution in [0.3, 0.4) is 0 Å². The first-order valence-corrected chi connectivity index (χ1v) is 10.6. The number of aromatic nitrogens is 4. The number of ether oxygens (including phenoxy) is 1. The average molecular weight is 444 g/mol. The summed E-state index contributed by atoms with van der Waals surface area (Å²) in [5, 5.41) is 17.1. The summed E-state index contributed by atoms with van der Waals surface area (Å²) >= 11 is 0. The zero-order valence-corrected chi connectivity index (χ0v) is 17.3. The number of hydrogen-bond acceptors (Lipinski definition) is 6. The summed E-state index contributed by atoms with van der Waals surface area (Å²) in [6, 6.07) is 13.9. The van der Waals surface area contributed by atoms with Crippen LogP contribution in [0.1, 0.15) is 34.9 Å². The Morgan fingerprint density at radius 3 is 2.84 bits per heavy atom. The van der Waals surface area contributed by atoms with Crippen LogP contribution in [0, 0.1) is 0 Å². The van der Waals surface area contributed by atoms with Crippen molar-refractivity contribution < 1.29 is 17.9 Å². The molecular weight excluding hydrogens is 421 g/mol. The van der Waals surface area contributed by atoms with Crippen molar-refractivity contribution in [3.63, 3.8) is 0 Å². The van der Waals surface area contributed by atoms with E-state index in [1.165, 1.54) is 5.56 Å². The second-order valence-electron chi connectivity index (χ2n) is 8.10. The van der Waals surface area contributed by atoms with Gasteiger partial charge in [0.15, 0.2) is 0 Å². The first-order valence-electron chi connectivity index (χ1n) is 10.6. The Hall–Kier alpha value is -2.98. The third-order valence-corrected chi connectivity index (χ3v) is 6.08. The number of nitrogens with one attached hydrogen (secondary N) is 2. The fourth-order valence-electron chi connectivity index (χ4n) is 4.56. The molecule has 0 unspecified atom stereocenters. The maximum atomic E-state index is 13.3. The first kappa shape index (κ1) is 20.9. The molecule has 1 fully saturated rings. The van der Waals surface area contributed by atoms with Crippen molar-refractivity contribution in [3.8, 4) is 11.4 Å². The second kappa shape index (κ2) is 8.51. The van der Waals surface area contributed by atoms with Crippen molar-refractivity contribution in [1.82, 2.24) is 30.8 Å². The molecule has 3 heterocycles. The van der Waals surface area contributed by atoms with Gasteiger partial charge in [-0.3, -0.25) is 0 Å². The number of tetrazole rings is 1. The normalized spacial score (nSPS) is 20.7. The van der Waals surface area contributed by atoms with Crippen molar-refractivity contribution in [2.75, 3.05) is 19.7 Å². The van der Waals surface area contributed by atoms with Gasteiger partial charge in [0, 0.05) is 37.0 Å². The van der Waals surface area contributed by atoms with E-state index < -0.39 is 12.0 Å². The molecule has 0 aliphatic carbocycles. The number of halogens is 3. The summed E-state index contributed by atoms with van der Waals surface area (Å²) in [7, 11) is 0. The van der Waals surface area contributed by atoms with Crippen LogP contribution < -0.4 is 15.4 Å². The smallest absolute Gasteiger partial charge is 0.453 e. The van der Waals surface area contributed by atoms with Gasteiger partial charge in [0.05, 0.1) is 12.3 Å². The molecule has 1 aromatic heterocycles. The zero-order chi connectivity index (χ0) is 22.1. The molecule has 0 spiro atoms. The Balaban J connectivity index is 1.42. The van der Waals surface area contributed by atoms with E-state index in [0.717, 1.165) is 41.1 Å². The van der Waals surface area contributed by atoms with Crippen LogP contribution in [-0.2, 0) is 19.1 Å². The number of hydrogen-bond donors (Lipinski definition) is 2. The molecule has 0 radical (unpaired) electrons. The van der Waals surface area contributed by atoms with Gasteiger partial charge in [-0.25, -0.2) is 0 Å². The Bertz CT molecular complexity index is 1090. The van der Waals surface area contributed by atoms with Crippen molar-refractivity contribution in [2.24, 2.45) is 0 Å². The molecule has 2 aromatic carbocycles. The molecule has 32 heavy (non-hydrogen) atoms. The molecule has 1 saturated heterocycles. The lowest BCUT2D eigenvalue weighted by atomic mass is 9.87. The molecule has 5 rings (SSSR count). The number of rotatable bonds is 5. The summed E-state index contributed by atoms with van der Waals surface area (Å²) < 4.78 is 46.6. The minimum Gasteiger partial charge on any atom is -0.493 e. The highest BCUT2D eigenvalue weighted by atomic mass is 19.4. The van der Waals surface area contributed by atoms with E-state index in [1.807, 2.05) is 18.2 Å². The maximum absolute atomic E-state index is 13.3. The summed E-state index contributed by atoms with van der Waals surface area (Å²) in [6.07, 6.45) is -3.05. The maximum Gasteiger partial charge on any atom is 0.453 e. The molecule has 0 bridgehead atoms. The van der Waals surface area contributed by atoms with Crippen LogP contribution in [0.2, 0.25) is 0 Å². The van der Waals surface area contributed by atoms with Gasteiger partial charge in [-0.05, 0) is 46.7 Å². The van der Waals surface area contributed by atoms with Gasteiger partial charge in [-0.2, -0.15) is 17.9 Å². The minimum absolute atomic E-state index is 0.234. The van der Waals surface area contributed by atoms with Crippen molar-refractivity contribution >= 4 is 0 Å². The molecule has 3 aromatic rings. The SMILES string of the molecule is FC(F)(F)c1nnnn1-c1cc2c(c(CN[C@@H]3CCNC[C@@H]3c3ccccc3)c1)OCC2. The average Bonchev–Trinajstić information content (AvgIpc) is 3.47. The summed E-state index contributed by atoms with van der Waals surface area (Å²) in [6.45, 7) is 2.77. The quantitative estimate of drug-likeness (QED) is 0.630. The Labute approximate surface area is 183 Å². The highest BCUT2D eigenvalue weighted by Gasteiger charge is 2.39. The highest BCUT2D eigenvalue weighted by molar-refractivity contribution is 5.52. The lowest BCUT2D eigenvalue weighted by molar-refractivity contribution is -0.146. The van der Waals surface area contributed by atoms with Crippen LogP contribution in [0.15, 0.2) is 42.5 Å². The molecule has 2 atom stereocenters. The van der Waals surface area contributed by atoms with Gasteiger partial charge >= 0.3 is 6.18 Å². The Morgan fingerprint density at radius 1 is 1.19 bits per heavy atom. The monoisotopic (exact) mass is 444 g/mol. The number of nitrogens with zero attached hydrogens (tertiary/aromatic N) is 4. The van der Waals surface area contributed by atoms with E-state index in [4.69, 9.17) is 4.74 Å². The number of piperidine rings is 1. The van der Waals surface area contributed by atoms with Crippen molar-refractivity contribution in [2.45, 2.75) is 37.5 Å². The molecule has 2 N–H and O–H groups in total. The van der Waals surface area contributed by atoms with Crippen molar-refractivity contribution in [1.29, 1.82) is 0 Å². The van der Waals surface area contributed by atoms with E-state index in [0.29, 0.717) is 25.5 Å². The van der Waals surface area contributed by atoms with Gasteiger partial charge < -0.3 is 15.4 Å². The third-order valence-electron chi connectivity index (χ3n) is 6.08. The molecular formula is C22H23F3N6O. The lowest BCUT2D eigenvalue weighted by Crippen LogP contribution is -2.45. The second-order valence-corrected chi connectivity index (χ2v) is 8.10. The Kier molecular flexibility index (Phi) is 5.56. The number of fused-ring (bicyclic) bond motifs is 1. The van der Waals surface area contributed by atoms with Gasteiger partial charge in [-0.15, -0.1) is 5.10 Å². The number of benzene rings is 2. The van der Waals surface area contributed by atoms with Gasteiger partial charge in [0.2, 0.25) is 0 Å².